The van der Waals surface area contributed by atoms with Crippen molar-refractivity contribution in [1.82, 2.24) is 5.43 Å². The van der Waals surface area contributed by atoms with E-state index in [1.807, 2.05) is 30.3 Å². The van der Waals surface area contributed by atoms with Crippen LogP contribution in [0.4, 0.5) is 0 Å². The molecule has 3 nitrogen and oxygen atoms in total. The van der Waals surface area contributed by atoms with Crippen LogP contribution in [0.15, 0.2) is 64.6 Å². The average Bonchev–Trinajstić information content (AvgIpc) is 2.70. The number of benzene rings is 2. The summed E-state index contributed by atoms with van der Waals surface area (Å²) in [6.07, 6.45) is 9.71. The maximum absolute atomic E-state index is 12.9. The fraction of sp³-hybridized carbons (Fsp3) is 0.364. The molecule has 0 saturated heterocycles. The van der Waals surface area contributed by atoms with Crippen LogP contribution in [0.5, 0.6) is 0 Å². The third kappa shape index (κ3) is 4.98. The molecule has 0 aromatic heterocycles. The first-order chi connectivity index (χ1) is 12.8. The standard InChI is InChI=1S/C22H26N2OS/c1-26-20-14-12-17(13-15-20)16-23-24-22(25)21(18-8-4-2-5-9-18)19-10-6-3-7-11-19/h2,4-5,8-9,12-16,19,21H,3,6-7,10-11H2,1H3,(H,24,25)/b23-16-/t21-/m0/s1. The van der Waals surface area contributed by atoms with Gasteiger partial charge in [0.1, 0.15) is 0 Å². The van der Waals surface area contributed by atoms with Crippen LogP contribution in [0, 0.1) is 5.92 Å². The lowest BCUT2D eigenvalue weighted by atomic mass is 9.76. The van der Waals surface area contributed by atoms with E-state index in [0.717, 1.165) is 24.0 Å². The lowest BCUT2D eigenvalue weighted by molar-refractivity contribution is -0.124. The van der Waals surface area contributed by atoms with Gasteiger partial charge in [0, 0.05) is 4.90 Å². The second-order valence-electron chi connectivity index (χ2n) is 6.79. The van der Waals surface area contributed by atoms with Gasteiger partial charge in [-0.2, -0.15) is 5.10 Å². The highest BCUT2D eigenvalue weighted by molar-refractivity contribution is 7.98. The number of hydrogen-bond donors (Lipinski definition) is 1. The van der Waals surface area contributed by atoms with Crippen molar-refractivity contribution in [1.29, 1.82) is 0 Å². The molecule has 1 amide bonds. The van der Waals surface area contributed by atoms with Crippen LogP contribution in [0.3, 0.4) is 0 Å². The van der Waals surface area contributed by atoms with Crippen LogP contribution in [0.2, 0.25) is 0 Å². The zero-order chi connectivity index (χ0) is 18.2. The summed E-state index contributed by atoms with van der Waals surface area (Å²) in [5.41, 5.74) is 4.86. The van der Waals surface area contributed by atoms with Crippen molar-refractivity contribution in [3.63, 3.8) is 0 Å². The Labute approximate surface area is 160 Å². The van der Waals surface area contributed by atoms with Gasteiger partial charge in [0.2, 0.25) is 5.91 Å². The zero-order valence-corrected chi connectivity index (χ0v) is 16.0. The first-order valence-electron chi connectivity index (χ1n) is 9.30. The molecule has 26 heavy (non-hydrogen) atoms. The number of thioether (sulfide) groups is 1. The first-order valence-corrected chi connectivity index (χ1v) is 10.5. The average molecular weight is 367 g/mol. The zero-order valence-electron chi connectivity index (χ0n) is 15.2. The second-order valence-corrected chi connectivity index (χ2v) is 7.67. The Kier molecular flexibility index (Phi) is 6.89. The third-order valence-corrected chi connectivity index (χ3v) is 5.81. The monoisotopic (exact) mass is 366 g/mol. The minimum atomic E-state index is -0.118. The van der Waals surface area contributed by atoms with Crippen LogP contribution in [0.25, 0.3) is 0 Å². The summed E-state index contributed by atoms with van der Waals surface area (Å²) < 4.78 is 0. The maximum atomic E-state index is 12.9. The van der Waals surface area contributed by atoms with E-state index in [9.17, 15) is 4.79 Å². The minimum Gasteiger partial charge on any atom is -0.272 e. The van der Waals surface area contributed by atoms with Gasteiger partial charge in [0.05, 0.1) is 12.1 Å². The largest absolute Gasteiger partial charge is 0.272 e. The van der Waals surface area contributed by atoms with Gasteiger partial charge in [0.15, 0.2) is 0 Å². The van der Waals surface area contributed by atoms with Gasteiger partial charge in [-0.15, -0.1) is 11.8 Å². The molecule has 0 heterocycles. The highest BCUT2D eigenvalue weighted by atomic mass is 32.2. The molecule has 2 aromatic carbocycles. The van der Waals surface area contributed by atoms with Gasteiger partial charge in [-0.25, -0.2) is 5.43 Å². The molecule has 0 radical (unpaired) electrons. The van der Waals surface area contributed by atoms with Crippen molar-refractivity contribution in [2.45, 2.75) is 42.9 Å². The Morgan fingerprint density at radius 2 is 1.77 bits per heavy atom. The molecule has 1 N–H and O–H groups in total. The fourth-order valence-corrected chi connectivity index (χ4v) is 4.10. The van der Waals surface area contributed by atoms with Crippen LogP contribution in [0.1, 0.15) is 49.1 Å². The molecule has 0 bridgehead atoms. The first kappa shape index (κ1) is 18.7. The smallest absolute Gasteiger partial charge is 0.247 e. The summed E-state index contributed by atoms with van der Waals surface area (Å²) in [7, 11) is 0. The predicted molar refractivity (Wildman–Crippen MR) is 110 cm³/mol. The Balaban J connectivity index is 1.69. The van der Waals surface area contributed by atoms with Crippen LogP contribution in [-0.4, -0.2) is 18.4 Å². The van der Waals surface area contributed by atoms with Gasteiger partial charge in [-0.05, 0) is 48.3 Å². The number of hydrogen-bond acceptors (Lipinski definition) is 3. The number of amides is 1. The van der Waals surface area contributed by atoms with Crippen LogP contribution < -0.4 is 5.43 Å². The van der Waals surface area contributed by atoms with Crippen molar-refractivity contribution in [3.05, 3.63) is 65.7 Å². The van der Waals surface area contributed by atoms with E-state index in [0.29, 0.717) is 5.92 Å². The molecule has 4 heteroatoms. The Bertz CT molecular complexity index is 722. The maximum Gasteiger partial charge on any atom is 0.247 e. The van der Waals surface area contributed by atoms with Gasteiger partial charge in [-0.3, -0.25) is 4.79 Å². The summed E-state index contributed by atoms with van der Waals surface area (Å²) in [4.78, 5) is 14.1. The molecular formula is C22H26N2OS. The Hall–Kier alpha value is -2.07. The lowest BCUT2D eigenvalue weighted by Crippen LogP contribution is -2.31. The van der Waals surface area contributed by atoms with E-state index in [2.05, 4.69) is 41.0 Å². The fourth-order valence-electron chi connectivity index (χ4n) is 3.70. The molecule has 1 atom stereocenters. The summed E-state index contributed by atoms with van der Waals surface area (Å²) >= 11 is 1.71. The highest BCUT2D eigenvalue weighted by Crippen LogP contribution is 2.36. The summed E-state index contributed by atoms with van der Waals surface area (Å²) in [5.74, 6) is 0.287. The van der Waals surface area contributed by atoms with E-state index in [4.69, 9.17) is 0 Å². The lowest BCUT2D eigenvalue weighted by Gasteiger charge is -2.29. The number of nitrogens with zero attached hydrogens (tertiary/aromatic N) is 1. The highest BCUT2D eigenvalue weighted by Gasteiger charge is 2.30. The van der Waals surface area contributed by atoms with E-state index in [1.54, 1.807) is 18.0 Å². The van der Waals surface area contributed by atoms with Crippen molar-refractivity contribution in [3.8, 4) is 0 Å². The molecule has 1 fully saturated rings. The number of rotatable bonds is 6. The molecule has 1 aliphatic carbocycles. The second kappa shape index (κ2) is 9.58. The predicted octanol–water partition coefficient (Wildman–Crippen LogP) is 5.22. The number of hydrazone groups is 1. The molecule has 1 saturated carbocycles. The minimum absolute atomic E-state index is 0.0000777. The number of carbonyl (C=O) groups is 1. The van der Waals surface area contributed by atoms with Gasteiger partial charge < -0.3 is 0 Å². The van der Waals surface area contributed by atoms with Gasteiger partial charge in [0.25, 0.3) is 0 Å². The molecule has 0 aliphatic heterocycles. The van der Waals surface area contributed by atoms with Gasteiger partial charge in [-0.1, -0.05) is 61.7 Å². The topological polar surface area (TPSA) is 41.5 Å². The molecule has 136 valence electrons. The Morgan fingerprint density at radius 3 is 2.42 bits per heavy atom. The molecule has 0 unspecified atom stereocenters. The summed E-state index contributed by atoms with van der Waals surface area (Å²) in [5, 5.41) is 4.21. The third-order valence-electron chi connectivity index (χ3n) is 5.07. The quantitative estimate of drug-likeness (QED) is 0.432. The summed E-state index contributed by atoms with van der Waals surface area (Å²) in [6, 6.07) is 18.3. The van der Waals surface area contributed by atoms with E-state index in [-0.39, 0.29) is 11.8 Å². The SMILES string of the molecule is CSc1ccc(/C=N\NC(=O)[C@@H](c2ccccc2)C2CCCCC2)cc1. The number of carbonyl (C=O) groups excluding carboxylic acids is 1. The Morgan fingerprint density at radius 1 is 1.08 bits per heavy atom. The molecule has 0 spiro atoms. The van der Waals surface area contributed by atoms with E-state index >= 15 is 0 Å². The van der Waals surface area contributed by atoms with Gasteiger partial charge >= 0.3 is 0 Å². The molecule has 1 aliphatic rings. The summed E-state index contributed by atoms with van der Waals surface area (Å²) in [6.45, 7) is 0. The van der Waals surface area contributed by atoms with E-state index < -0.39 is 0 Å². The van der Waals surface area contributed by atoms with Crippen molar-refractivity contribution < 1.29 is 4.79 Å². The molecule has 3 rings (SSSR count). The normalized spacial score (nSPS) is 16.5. The van der Waals surface area contributed by atoms with Crippen LogP contribution >= 0.6 is 11.8 Å². The number of nitrogens with one attached hydrogen (secondary N) is 1. The van der Waals surface area contributed by atoms with Crippen molar-refractivity contribution in [2.75, 3.05) is 6.26 Å². The molecule has 2 aromatic rings. The molecular weight excluding hydrogens is 340 g/mol. The van der Waals surface area contributed by atoms with E-state index in [1.165, 1.54) is 24.2 Å². The van der Waals surface area contributed by atoms with Crippen LogP contribution in [-0.2, 0) is 4.79 Å². The van der Waals surface area contributed by atoms with Crippen molar-refractivity contribution in [2.24, 2.45) is 11.0 Å². The van der Waals surface area contributed by atoms with Crippen molar-refractivity contribution >= 4 is 23.9 Å².